The molecule has 2 amide bonds. The van der Waals surface area contributed by atoms with Crippen LogP contribution in [0.3, 0.4) is 0 Å². The normalized spacial score (nSPS) is 18.4. The van der Waals surface area contributed by atoms with Crippen molar-refractivity contribution in [3.8, 4) is 0 Å². The van der Waals surface area contributed by atoms with Crippen molar-refractivity contribution in [3.63, 3.8) is 0 Å². The minimum absolute atomic E-state index is 0. The van der Waals surface area contributed by atoms with Gasteiger partial charge in [-0.25, -0.2) is 0 Å². The van der Waals surface area contributed by atoms with E-state index in [0.29, 0.717) is 19.0 Å². The van der Waals surface area contributed by atoms with Crippen molar-refractivity contribution in [2.75, 3.05) is 26.2 Å². The number of carbonyl (C=O) groups is 2. The van der Waals surface area contributed by atoms with Crippen LogP contribution in [0.15, 0.2) is 0 Å². The first-order valence-electron chi connectivity index (χ1n) is 8.50. The van der Waals surface area contributed by atoms with Gasteiger partial charge in [0.25, 0.3) is 0 Å². The van der Waals surface area contributed by atoms with Crippen LogP contribution in [-0.4, -0.2) is 48.9 Å². The van der Waals surface area contributed by atoms with E-state index < -0.39 is 0 Å². The molecule has 0 aromatic rings. The van der Waals surface area contributed by atoms with Crippen molar-refractivity contribution < 1.29 is 9.59 Å². The minimum Gasteiger partial charge on any atom is -0.356 e. The van der Waals surface area contributed by atoms with Crippen LogP contribution in [0.5, 0.6) is 0 Å². The van der Waals surface area contributed by atoms with E-state index in [1.807, 2.05) is 0 Å². The van der Waals surface area contributed by atoms with E-state index in [1.165, 1.54) is 0 Å². The lowest BCUT2D eigenvalue weighted by molar-refractivity contribution is -0.134. The van der Waals surface area contributed by atoms with E-state index in [9.17, 15) is 9.59 Å². The molecule has 0 radical (unpaired) electrons. The lowest BCUT2D eigenvalue weighted by Crippen LogP contribution is -2.46. The Morgan fingerprint density at radius 3 is 2.45 bits per heavy atom. The first-order valence-corrected chi connectivity index (χ1v) is 8.50. The Balaban J connectivity index is 0.00000242. The van der Waals surface area contributed by atoms with Crippen molar-refractivity contribution in [3.05, 3.63) is 0 Å². The fourth-order valence-corrected chi connectivity index (χ4v) is 2.95. The lowest BCUT2D eigenvalue weighted by Gasteiger charge is -2.34. The Morgan fingerprint density at radius 2 is 1.86 bits per heavy atom. The quantitative estimate of drug-likeness (QED) is 0.666. The van der Waals surface area contributed by atoms with Gasteiger partial charge in [-0.05, 0) is 51.6 Å². The molecule has 0 bridgehead atoms. The molecule has 2 fully saturated rings. The lowest BCUT2D eigenvalue weighted by atomic mass is 10.0. The molecule has 6 heteroatoms. The van der Waals surface area contributed by atoms with E-state index in [2.05, 4.69) is 22.5 Å². The van der Waals surface area contributed by atoms with Gasteiger partial charge in [-0.15, -0.1) is 12.4 Å². The summed E-state index contributed by atoms with van der Waals surface area (Å²) in [6, 6.07) is 0.403. The second-order valence-corrected chi connectivity index (χ2v) is 6.24. The van der Waals surface area contributed by atoms with Gasteiger partial charge in [-0.1, -0.05) is 6.92 Å². The van der Waals surface area contributed by atoms with Gasteiger partial charge in [0, 0.05) is 31.5 Å². The summed E-state index contributed by atoms with van der Waals surface area (Å²) in [7, 11) is 0. The number of amides is 2. The molecule has 2 aliphatic rings. The zero-order valence-corrected chi connectivity index (χ0v) is 14.4. The molecule has 22 heavy (non-hydrogen) atoms. The number of piperidine rings is 1. The van der Waals surface area contributed by atoms with Crippen LogP contribution in [0.25, 0.3) is 0 Å². The largest absolute Gasteiger partial charge is 0.356 e. The average Bonchev–Trinajstić information content (AvgIpc) is 3.34. The fraction of sp³-hybridized carbons (Fsp3) is 0.875. The molecular formula is C16H30ClN3O2. The molecule has 0 unspecified atom stereocenters. The number of hydrogen-bond acceptors (Lipinski definition) is 3. The Labute approximate surface area is 140 Å². The second kappa shape index (κ2) is 10.1. The van der Waals surface area contributed by atoms with Crippen LogP contribution < -0.4 is 10.6 Å². The summed E-state index contributed by atoms with van der Waals surface area (Å²) in [5.41, 5.74) is 0. The minimum atomic E-state index is 0. The van der Waals surface area contributed by atoms with E-state index in [1.54, 1.807) is 0 Å². The van der Waals surface area contributed by atoms with Crippen LogP contribution in [0.1, 0.15) is 51.9 Å². The Kier molecular flexibility index (Phi) is 8.79. The van der Waals surface area contributed by atoms with E-state index in [4.69, 9.17) is 0 Å². The van der Waals surface area contributed by atoms with Gasteiger partial charge in [0.15, 0.2) is 0 Å². The highest BCUT2D eigenvalue weighted by atomic mass is 35.5. The van der Waals surface area contributed by atoms with Crippen molar-refractivity contribution in [2.45, 2.75) is 57.9 Å². The fourth-order valence-electron chi connectivity index (χ4n) is 2.95. The molecular weight excluding hydrogens is 302 g/mol. The molecule has 0 atom stereocenters. The summed E-state index contributed by atoms with van der Waals surface area (Å²) in [5.74, 6) is 0.683. The molecule has 128 valence electrons. The maximum atomic E-state index is 12.4. The molecule has 0 aromatic carbocycles. The Bertz CT molecular complexity index is 355. The average molecular weight is 332 g/mol. The zero-order chi connectivity index (χ0) is 15.1. The Morgan fingerprint density at radius 1 is 1.18 bits per heavy atom. The van der Waals surface area contributed by atoms with E-state index in [-0.39, 0.29) is 30.1 Å². The van der Waals surface area contributed by atoms with Gasteiger partial charge in [-0.3, -0.25) is 9.59 Å². The predicted molar refractivity (Wildman–Crippen MR) is 90.1 cm³/mol. The summed E-state index contributed by atoms with van der Waals surface area (Å²) in [4.78, 5) is 26.0. The molecule has 1 saturated heterocycles. The SMILES string of the molecule is CCCN(C(=O)CCCNC(=O)C1CC1)C1CCNCC1.Cl. The first kappa shape index (κ1) is 19.2. The number of carbonyl (C=O) groups excluding carboxylic acids is 2. The van der Waals surface area contributed by atoms with Crippen LogP contribution >= 0.6 is 12.4 Å². The molecule has 1 aliphatic carbocycles. The van der Waals surface area contributed by atoms with Crippen molar-refractivity contribution in [1.82, 2.24) is 15.5 Å². The van der Waals surface area contributed by atoms with Gasteiger partial charge >= 0.3 is 0 Å². The number of nitrogens with zero attached hydrogens (tertiary/aromatic N) is 1. The van der Waals surface area contributed by atoms with Gasteiger partial charge < -0.3 is 15.5 Å². The number of hydrogen-bond donors (Lipinski definition) is 2. The maximum Gasteiger partial charge on any atom is 0.223 e. The zero-order valence-electron chi connectivity index (χ0n) is 13.6. The summed E-state index contributed by atoms with van der Waals surface area (Å²) in [6.45, 7) is 5.63. The molecule has 0 aromatic heterocycles. The molecule has 0 spiro atoms. The maximum absolute atomic E-state index is 12.4. The summed E-state index contributed by atoms with van der Waals surface area (Å²) in [6.07, 6.45) is 6.50. The van der Waals surface area contributed by atoms with E-state index in [0.717, 1.165) is 58.2 Å². The van der Waals surface area contributed by atoms with Crippen LogP contribution in [0.4, 0.5) is 0 Å². The molecule has 1 heterocycles. The highest BCUT2D eigenvalue weighted by Gasteiger charge is 2.29. The smallest absolute Gasteiger partial charge is 0.223 e. The van der Waals surface area contributed by atoms with E-state index >= 15 is 0 Å². The number of rotatable bonds is 8. The number of halogens is 1. The summed E-state index contributed by atoms with van der Waals surface area (Å²) in [5, 5.41) is 6.28. The predicted octanol–water partition coefficient (Wildman–Crippen LogP) is 1.71. The third-order valence-electron chi connectivity index (χ3n) is 4.35. The van der Waals surface area contributed by atoms with Crippen LogP contribution in [-0.2, 0) is 9.59 Å². The Hall–Kier alpha value is -0.810. The van der Waals surface area contributed by atoms with Crippen molar-refractivity contribution in [1.29, 1.82) is 0 Å². The number of nitrogens with one attached hydrogen (secondary N) is 2. The van der Waals surface area contributed by atoms with Gasteiger partial charge in [-0.2, -0.15) is 0 Å². The molecule has 1 aliphatic heterocycles. The molecule has 1 saturated carbocycles. The molecule has 5 nitrogen and oxygen atoms in total. The first-order chi connectivity index (χ1) is 10.2. The van der Waals surface area contributed by atoms with Crippen LogP contribution in [0.2, 0.25) is 0 Å². The van der Waals surface area contributed by atoms with Crippen LogP contribution in [0, 0.1) is 5.92 Å². The molecule has 2 N–H and O–H groups in total. The third kappa shape index (κ3) is 6.13. The van der Waals surface area contributed by atoms with Crippen molar-refractivity contribution in [2.24, 2.45) is 5.92 Å². The van der Waals surface area contributed by atoms with Crippen molar-refractivity contribution >= 4 is 24.2 Å². The summed E-state index contributed by atoms with van der Waals surface area (Å²) < 4.78 is 0. The standard InChI is InChI=1S/C16H29N3O2.ClH/c1-2-12-19(14-7-10-17-11-8-14)15(20)4-3-9-18-16(21)13-5-6-13;/h13-14,17H,2-12H2,1H3,(H,18,21);1H. The monoisotopic (exact) mass is 331 g/mol. The highest BCUT2D eigenvalue weighted by molar-refractivity contribution is 5.85. The second-order valence-electron chi connectivity index (χ2n) is 6.24. The molecule has 2 rings (SSSR count). The third-order valence-corrected chi connectivity index (χ3v) is 4.35. The van der Waals surface area contributed by atoms with Gasteiger partial charge in [0.2, 0.25) is 11.8 Å². The highest BCUT2D eigenvalue weighted by Crippen LogP contribution is 2.28. The van der Waals surface area contributed by atoms with Gasteiger partial charge in [0.1, 0.15) is 0 Å². The topological polar surface area (TPSA) is 61.4 Å². The van der Waals surface area contributed by atoms with Gasteiger partial charge in [0.05, 0.1) is 0 Å². The summed E-state index contributed by atoms with van der Waals surface area (Å²) >= 11 is 0.